The van der Waals surface area contributed by atoms with Crippen molar-refractivity contribution in [3.8, 4) is 0 Å². The maximum absolute atomic E-state index is 11.3. The highest BCUT2D eigenvalue weighted by Gasteiger charge is 2.21. The summed E-state index contributed by atoms with van der Waals surface area (Å²) in [4.78, 5) is 22.0. The van der Waals surface area contributed by atoms with Crippen LogP contribution in [0.4, 0.5) is 0 Å². The van der Waals surface area contributed by atoms with E-state index in [0.29, 0.717) is 6.42 Å². The summed E-state index contributed by atoms with van der Waals surface area (Å²) in [6.45, 7) is 6.85. The van der Waals surface area contributed by atoms with Crippen LogP contribution in [-0.4, -0.2) is 29.1 Å². The molecule has 0 spiro atoms. The molecule has 2 atom stereocenters. The molecule has 0 aliphatic carbocycles. The Bertz CT molecular complexity index is 263. The fourth-order valence-corrected chi connectivity index (χ4v) is 0.954. The van der Waals surface area contributed by atoms with E-state index in [1.54, 1.807) is 0 Å². The second-order valence-corrected chi connectivity index (χ2v) is 3.05. The quantitative estimate of drug-likeness (QED) is 0.519. The molecular weight excluding hydrogens is 196 g/mol. The molecule has 0 saturated heterocycles. The highest BCUT2D eigenvalue weighted by atomic mass is 16.4. The first-order chi connectivity index (χ1) is 7.02. The zero-order chi connectivity index (χ0) is 11.8. The number of rotatable bonds is 7. The molecule has 0 bridgehead atoms. The van der Waals surface area contributed by atoms with Crippen molar-refractivity contribution in [2.75, 3.05) is 0 Å². The molecule has 0 aromatic rings. The van der Waals surface area contributed by atoms with E-state index < -0.39 is 24.0 Å². The van der Waals surface area contributed by atoms with Gasteiger partial charge in [-0.1, -0.05) is 12.2 Å². The van der Waals surface area contributed by atoms with E-state index in [1.807, 2.05) is 0 Å². The summed E-state index contributed by atoms with van der Waals surface area (Å²) in [7, 11) is 0. The number of carboxylic acid groups (broad SMARTS) is 1. The number of aliphatic carboxylic acids is 1. The first-order valence-corrected chi connectivity index (χ1v) is 4.53. The Hall–Kier alpha value is -1.62. The van der Waals surface area contributed by atoms with Crippen LogP contribution in [0.2, 0.25) is 0 Å². The minimum Gasteiger partial charge on any atom is -0.480 e. The molecule has 15 heavy (non-hydrogen) atoms. The van der Waals surface area contributed by atoms with Gasteiger partial charge in [-0.3, -0.25) is 4.79 Å². The molecule has 0 aliphatic heterocycles. The summed E-state index contributed by atoms with van der Waals surface area (Å²) < 4.78 is 0. The summed E-state index contributed by atoms with van der Waals surface area (Å²) in [5.41, 5.74) is 5.47. The molecule has 0 aromatic heterocycles. The molecule has 2 unspecified atom stereocenters. The first-order valence-electron chi connectivity index (χ1n) is 4.53. The second-order valence-electron chi connectivity index (χ2n) is 3.05. The Morgan fingerprint density at radius 2 is 1.87 bits per heavy atom. The smallest absolute Gasteiger partial charge is 0.326 e. The fourth-order valence-electron chi connectivity index (χ4n) is 0.954. The lowest BCUT2D eigenvalue weighted by Gasteiger charge is -2.15. The van der Waals surface area contributed by atoms with Gasteiger partial charge in [-0.25, -0.2) is 4.79 Å². The maximum atomic E-state index is 11.3. The minimum absolute atomic E-state index is 0.169. The van der Waals surface area contributed by atoms with Crippen LogP contribution in [0.25, 0.3) is 0 Å². The highest BCUT2D eigenvalue weighted by molar-refractivity contribution is 5.86. The predicted octanol–water partition coefficient (Wildman–Crippen LogP) is 0.0353. The maximum Gasteiger partial charge on any atom is 0.326 e. The van der Waals surface area contributed by atoms with Gasteiger partial charge < -0.3 is 16.2 Å². The Morgan fingerprint density at radius 1 is 1.33 bits per heavy atom. The topological polar surface area (TPSA) is 92.4 Å². The van der Waals surface area contributed by atoms with Crippen LogP contribution in [0.5, 0.6) is 0 Å². The molecule has 0 aliphatic rings. The Morgan fingerprint density at radius 3 is 2.27 bits per heavy atom. The van der Waals surface area contributed by atoms with Crippen molar-refractivity contribution in [3.63, 3.8) is 0 Å². The lowest BCUT2D eigenvalue weighted by atomic mass is 10.1. The molecule has 84 valence electrons. The predicted molar refractivity (Wildman–Crippen MR) is 57.2 cm³/mol. The zero-order valence-electron chi connectivity index (χ0n) is 8.48. The van der Waals surface area contributed by atoms with Crippen LogP contribution in [0.15, 0.2) is 25.3 Å². The van der Waals surface area contributed by atoms with Crippen molar-refractivity contribution < 1.29 is 14.7 Å². The summed E-state index contributed by atoms with van der Waals surface area (Å²) in [6, 6.07) is -1.72. The van der Waals surface area contributed by atoms with Gasteiger partial charge in [0.2, 0.25) is 5.91 Å². The fraction of sp³-hybridized carbons (Fsp3) is 0.400. The molecule has 0 saturated carbocycles. The largest absolute Gasteiger partial charge is 0.480 e. The Labute approximate surface area is 88.7 Å². The van der Waals surface area contributed by atoms with Gasteiger partial charge in [-0.05, 0) is 12.8 Å². The monoisotopic (exact) mass is 212 g/mol. The van der Waals surface area contributed by atoms with Crippen molar-refractivity contribution in [2.45, 2.75) is 24.9 Å². The average Bonchev–Trinajstić information content (AvgIpc) is 2.17. The van der Waals surface area contributed by atoms with Crippen LogP contribution in [0.3, 0.4) is 0 Å². The SMILES string of the molecule is C=CCC(N)C(=O)NC(CC=C)C(=O)O. The van der Waals surface area contributed by atoms with E-state index in [-0.39, 0.29) is 6.42 Å². The molecule has 5 nitrogen and oxygen atoms in total. The second kappa shape index (κ2) is 6.78. The Kier molecular flexibility index (Phi) is 6.05. The Balaban J connectivity index is 4.27. The third-order valence-electron chi connectivity index (χ3n) is 1.77. The third kappa shape index (κ3) is 4.97. The van der Waals surface area contributed by atoms with E-state index in [9.17, 15) is 9.59 Å². The zero-order valence-corrected chi connectivity index (χ0v) is 8.48. The molecule has 0 rings (SSSR count). The van der Waals surface area contributed by atoms with Gasteiger partial charge in [-0.2, -0.15) is 0 Å². The molecular formula is C10H16N2O3. The number of carboxylic acids is 1. The number of carbonyl (C=O) groups is 2. The standard InChI is InChI=1S/C10H16N2O3/c1-3-5-7(11)9(13)12-8(6-4-2)10(14)15/h3-4,7-8H,1-2,5-6,11H2,(H,12,13)(H,14,15). The van der Waals surface area contributed by atoms with Crippen LogP contribution in [-0.2, 0) is 9.59 Å². The molecule has 0 heterocycles. The summed E-state index contributed by atoms with van der Waals surface area (Å²) in [5.74, 6) is -1.60. The van der Waals surface area contributed by atoms with Gasteiger partial charge in [0.05, 0.1) is 6.04 Å². The van der Waals surface area contributed by atoms with Crippen LogP contribution in [0, 0.1) is 0 Å². The third-order valence-corrected chi connectivity index (χ3v) is 1.77. The number of carbonyl (C=O) groups excluding carboxylic acids is 1. The number of hydrogen-bond acceptors (Lipinski definition) is 3. The lowest BCUT2D eigenvalue weighted by molar-refractivity contribution is -0.141. The average molecular weight is 212 g/mol. The molecule has 0 radical (unpaired) electrons. The summed E-state index contributed by atoms with van der Waals surface area (Å²) in [6.07, 6.45) is 3.42. The molecule has 5 heteroatoms. The number of nitrogens with one attached hydrogen (secondary N) is 1. The van der Waals surface area contributed by atoms with Crippen LogP contribution >= 0.6 is 0 Å². The van der Waals surface area contributed by atoms with Crippen molar-refractivity contribution in [1.29, 1.82) is 0 Å². The van der Waals surface area contributed by atoms with Crippen molar-refractivity contribution in [3.05, 3.63) is 25.3 Å². The van der Waals surface area contributed by atoms with E-state index in [1.165, 1.54) is 12.2 Å². The first kappa shape index (κ1) is 13.4. The molecule has 1 amide bonds. The van der Waals surface area contributed by atoms with Crippen LogP contribution in [0.1, 0.15) is 12.8 Å². The van der Waals surface area contributed by atoms with Gasteiger partial charge in [-0.15, -0.1) is 13.2 Å². The summed E-state index contributed by atoms with van der Waals surface area (Å²) in [5, 5.41) is 11.1. The minimum atomic E-state index is -1.10. The van der Waals surface area contributed by atoms with E-state index in [0.717, 1.165) is 0 Å². The van der Waals surface area contributed by atoms with E-state index in [2.05, 4.69) is 18.5 Å². The van der Waals surface area contributed by atoms with Gasteiger partial charge in [0.1, 0.15) is 6.04 Å². The van der Waals surface area contributed by atoms with Crippen molar-refractivity contribution in [2.24, 2.45) is 5.73 Å². The van der Waals surface area contributed by atoms with Gasteiger partial charge in [0.25, 0.3) is 0 Å². The number of nitrogens with two attached hydrogens (primary N) is 1. The normalized spacial score (nSPS) is 13.7. The number of hydrogen-bond donors (Lipinski definition) is 3. The van der Waals surface area contributed by atoms with E-state index >= 15 is 0 Å². The van der Waals surface area contributed by atoms with Crippen molar-refractivity contribution >= 4 is 11.9 Å². The van der Waals surface area contributed by atoms with Gasteiger partial charge in [0, 0.05) is 0 Å². The highest BCUT2D eigenvalue weighted by Crippen LogP contribution is 1.96. The molecule has 4 N–H and O–H groups in total. The molecule has 0 fully saturated rings. The summed E-state index contributed by atoms with van der Waals surface area (Å²) >= 11 is 0. The number of amides is 1. The van der Waals surface area contributed by atoms with Gasteiger partial charge >= 0.3 is 5.97 Å². The van der Waals surface area contributed by atoms with Gasteiger partial charge in [0.15, 0.2) is 0 Å². The lowest BCUT2D eigenvalue weighted by Crippen LogP contribution is -2.48. The van der Waals surface area contributed by atoms with Crippen LogP contribution < -0.4 is 11.1 Å². The molecule has 0 aromatic carbocycles. The van der Waals surface area contributed by atoms with Crippen molar-refractivity contribution in [1.82, 2.24) is 5.32 Å². The van der Waals surface area contributed by atoms with E-state index in [4.69, 9.17) is 10.8 Å².